The number of carbonyl (C=O) groups excluding carboxylic acids is 2. The number of hydrogen-bond acceptors (Lipinski definition) is 6. The van der Waals surface area contributed by atoms with Gasteiger partial charge in [-0.2, -0.15) is 9.36 Å². The van der Waals surface area contributed by atoms with Crippen LogP contribution in [0.4, 0.5) is 5.69 Å². The predicted molar refractivity (Wildman–Crippen MR) is 110 cm³/mol. The van der Waals surface area contributed by atoms with E-state index in [-0.39, 0.29) is 24.2 Å². The first-order chi connectivity index (χ1) is 14.3. The molecule has 10 heteroatoms. The molecule has 10 nitrogen and oxygen atoms in total. The Morgan fingerprint density at radius 1 is 0.833 bits per heavy atom. The molecule has 1 aromatic carbocycles. The minimum Gasteiger partial charge on any atom is -0.272 e. The molecular formula is C20H26N4O6. The van der Waals surface area contributed by atoms with Crippen LogP contribution < -0.4 is 11.4 Å². The summed E-state index contributed by atoms with van der Waals surface area (Å²) in [5.41, 5.74) is -2.08. The number of aromatic nitrogens is 3. The lowest BCUT2D eigenvalue weighted by molar-refractivity contribution is -0.384. The summed E-state index contributed by atoms with van der Waals surface area (Å²) in [5, 5.41) is 10.8. The van der Waals surface area contributed by atoms with E-state index in [0.29, 0.717) is 26.8 Å². The van der Waals surface area contributed by atoms with E-state index in [1.54, 1.807) is 0 Å². The maximum absolute atomic E-state index is 12.9. The van der Waals surface area contributed by atoms with Gasteiger partial charge in [0.1, 0.15) is 0 Å². The molecule has 0 N–H and O–H groups in total. The van der Waals surface area contributed by atoms with Crippen molar-refractivity contribution in [3.8, 4) is 5.69 Å². The normalized spacial score (nSPS) is 10.9. The third kappa shape index (κ3) is 5.00. The molecule has 2 rings (SSSR count). The maximum atomic E-state index is 12.9. The minimum atomic E-state index is -0.959. The van der Waals surface area contributed by atoms with Crippen molar-refractivity contribution in [2.75, 3.05) is 0 Å². The number of non-ortho nitro benzene ring substituents is 1. The van der Waals surface area contributed by atoms with Crippen molar-refractivity contribution < 1.29 is 14.5 Å². The van der Waals surface area contributed by atoms with E-state index < -0.39 is 28.1 Å². The van der Waals surface area contributed by atoms with E-state index in [2.05, 4.69) is 0 Å². The topological polar surface area (TPSA) is 126 Å². The van der Waals surface area contributed by atoms with Crippen LogP contribution in [0, 0.1) is 10.1 Å². The lowest BCUT2D eigenvalue weighted by Crippen LogP contribution is -2.36. The van der Waals surface area contributed by atoms with Crippen LogP contribution >= 0.6 is 0 Å². The molecule has 0 radical (unpaired) electrons. The molecule has 0 saturated carbocycles. The van der Waals surface area contributed by atoms with Crippen molar-refractivity contribution in [1.29, 1.82) is 0 Å². The number of nitro groups is 1. The maximum Gasteiger partial charge on any atom is 0.359 e. The second-order valence-electron chi connectivity index (χ2n) is 7.00. The quantitative estimate of drug-likeness (QED) is 0.331. The third-order valence-corrected chi connectivity index (χ3v) is 4.72. The Morgan fingerprint density at radius 3 is 1.63 bits per heavy atom. The van der Waals surface area contributed by atoms with Crippen LogP contribution in [0.2, 0.25) is 0 Å². The molecule has 0 unspecified atom stereocenters. The fourth-order valence-corrected chi connectivity index (χ4v) is 3.09. The Labute approximate surface area is 172 Å². The Bertz CT molecular complexity index is 976. The highest BCUT2D eigenvalue weighted by atomic mass is 16.6. The molecular weight excluding hydrogens is 392 g/mol. The van der Waals surface area contributed by atoms with Crippen molar-refractivity contribution >= 4 is 17.5 Å². The molecule has 0 aliphatic rings. The Hall–Kier alpha value is -3.30. The smallest absolute Gasteiger partial charge is 0.272 e. The molecule has 1 aromatic heterocycles. The van der Waals surface area contributed by atoms with Crippen LogP contribution in [0.25, 0.3) is 5.69 Å². The highest BCUT2D eigenvalue weighted by Crippen LogP contribution is 2.13. The monoisotopic (exact) mass is 418 g/mol. The zero-order valence-corrected chi connectivity index (χ0v) is 17.2. The zero-order chi connectivity index (χ0) is 22.3. The average molecular weight is 418 g/mol. The molecule has 0 amide bonds. The number of benzene rings is 1. The summed E-state index contributed by atoms with van der Waals surface area (Å²) in [5.74, 6) is -1.26. The standard InChI is InChI=1S/C20H26N4O6/c1-3-5-7-9-17(25)22-19(27)21(15-11-13-16(14-12-15)24(29)30)20(28)23(22)18(26)10-8-6-4-2/h11-14H,3-10H2,1-2H3. The first kappa shape index (κ1) is 23.0. The van der Waals surface area contributed by atoms with Crippen molar-refractivity contribution in [2.45, 2.75) is 65.2 Å². The van der Waals surface area contributed by atoms with E-state index in [0.717, 1.165) is 37.8 Å². The van der Waals surface area contributed by atoms with Gasteiger partial charge in [-0.05, 0) is 25.0 Å². The van der Waals surface area contributed by atoms with Gasteiger partial charge in [0.05, 0.1) is 10.6 Å². The van der Waals surface area contributed by atoms with Gasteiger partial charge in [-0.3, -0.25) is 19.7 Å². The third-order valence-electron chi connectivity index (χ3n) is 4.72. The summed E-state index contributed by atoms with van der Waals surface area (Å²) >= 11 is 0. The average Bonchev–Trinajstić information content (AvgIpc) is 2.98. The van der Waals surface area contributed by atoms with Crippen LogP contribution in [0.5, 0.6) is 0 Å². The molecule has 0 saturated heterocycles. The molecule has 1 heterocycles. The highest BCUT2D eigenvalue weighted by Gasteiger charge is 2.25. The van der Waals surface area contributed by atoms with Crippen LogP contribution in [0.15, 0.2) is 33.9 Å². The largest absolute Gasteiger partial charge is 0.359 e. The van der Waals surface area contributed by atoms with E-state index in [4.69, 9.17) is 0 Å². The van der Waals surface area contributed by atoms with Gasteiger partial charge in [-0.25, -0.2) is 14.2 Å². The molecule has 0 atom stereocenters. The number of unbranched alkanes of at least 4 members (excludes halogenated alkanes) is 4. The first-order valence-corrected chi connectivity index (χ1v) is 10.1. The number of hydrogen-bond donors (Lipinski definition) is 0. The Kier molecular flexibility index (Phi) is 8.02. The number of carbonyl (C=O) groups is 2. The van der Waals surface area contributed by atoms with Gasteiger partial charge < -0.3 is 0 Å². The van der Waals surface area contributed by atoms with Gasteiger partial charge in [0.15, 0.2) is 0 Å². The van der Waals surface area contributed by atoms with Crippen molar-refractivity contribution in [3.63, 3.8) is 0 Å². The number of nitro benzene ring substituents is 1. The second-order valence-corrected chi connectivity index (χ2v) is 7.00. The molecule has 0 aliphatic carbocycles. The highest BCUT2D eigenvalue weighted by molar-refractivity contribution is 5.84. The van der Waals surface area contributed by atoms with Crippen LogP contribution in [0.3, 0.4) is 0 Å². The fourth-order valence-electron chi connectivity index (χ4n) is 3.09. The summed E-state index contributed by atoms with van der Waals surface area (Å²) in [6.45, 7) is 3.93. The second kappa shape index (κ2) is 10.5. The van der Waals surface area contributed by atoms with Crippen molar-refractivity contribution in [3.05, 3.63) is 55.3 Å². The summed E-state index contributed by atoms with van der Waals surface area (Å²) in [6, 6.07) is 4.77. The van der Waals surface area contributed by atoms with Crippen LogP contribution in [0.1, 0.15) is 74.8 Å². The lowest BCUT2D eigenvalue weighted by Gasteiger charge is -2.06. The predicted octanol–water partition coefficient (Wildman–Crippen LogP) is 3.15. The molecule has 2 aromatic rings. The van der Waals surface area contributed by atoms with Gasteiger partial charge in [-0.1, -0.05) is 39.5 Å². The number of nitrogens with zero attached hydrogens (tertiary/aromatic N) is 4. The summed E-state index contributed by atoms with van der Waals surface area (Å²) in [7, 11) is 0. The van der Waals surface area contributed by atoms with Gasteiger partial charge in [0.2, 0.25) is 11.8 Å². The Morgan fingerprint density at radius 2 is 1.27 bits per heavy atom. The zero-order valence-electron chi connectivity index (χ0n) is 17.2. The minimum absolute atomic E-state index is 0.0275. The molecule has 162 valence electrons. The number of rotatable bonds is 10. The Balaban J connectivity index is 2.55. The van der Waals surface area contributed by atoms with Crippen molar-refractivity contribution in [1.82, 2.24) is 13.9 Å². The van der Waals surface area contributed by atoms with Crippen LogP contribution in [-0.4, -0.2) is 30.7 Å². The van der Waals surface area contributed by atoms with Gasteiger partial charge in [0, 0.05) is 25.0 Å². The first-order valence-electron chi connectivity index (χ1n) is 10.1. The van der Waals surface area contributed by atoms with E-state index >= 15 is 0 Å². The van der Waals surface area contributed by atoms with Crippen LogP contribution in [-0.2, 0) is 0 Å². The van der Waals surface area contributed by atoms with Gasteiger partial charge in [-0.15, -0.1) is 0 Å². The molecule has 0 fully saturated rings. The fraction of sp³-hybridized carbons (Fsp3) is 0.500. The molecule has 0 spiro atoms. The summed E-state index contributed by atoms with van der Waals surface area (Å²) in [6.07, 6.45) is 4.41. The summed E-state index contributed by atoms with van der Waals surface area (Å²) < 4.78 is 1.90. The molecule has 30 heavy (non-hydrogen) atoms. The van der Waals surface area contributed by atoms with Crippen molar-refractivity contribution in [2.24, 2.45) is 0 Å². The van der Waals surface area contributed by atoms with E-state index in [1.807, 2.05) is 13.8 Å². The van der Waals surface area contributed by atoms with E-state index in [9.17, 15) is 29.3 Å². The molecule has 0 bridgehead atoms. The van der Waals surface area contributed by atoms with Gasteiger partial charge in [0.25, 0.3) is 5.69 Å². The lowest BCUT2D eigenvalue weighted by atomic mass is 10.2. The summed E-state index contributed by atoms with van der Waals surface area (Å²) in [4.78, 5) is 61.5. The SMILES string of the molecule is CCCCCC(=O)n1c(=O)n(-c2ccc([N+](=O)[O-])cc2)c(=O)n1C(=O)CCCCC. The van der Waals surface area contributed by atoms with E-state index in [1.165, 1.54) is 12.1 Å². The van der Waals surface area contributed by atoms with Gasteiger partial charge >= 0.3 is 11.4 Å². The molecule has 0 aliphatic heterocycles.